The van der Waals surface area contributed by atoms with Crippen LogP contribution in [0.4, 0.5) is 0 Å². The van der Waals surface area contributed by atoms with Crippen LogP contribution in [0.15, 0.2) is 24.3 Å². The number of rotatable bonds is 4. The van der Waals surface area contributed by atoms with Gasteiger partial charge in [0.05, 0.1) is 6.61 Å². The molecule has 5 heteroatoms. The number of likely N-dealkylation sites (tertiary alicyclic amines) is 1. The van der Waals surface area contributed by atoms with Crippen molar-refractivity contribution in [3.8, 4) is 0 Å². The van der Waals surface area contributed by atoms with E-state index < -0.39 is 11.4 Å². The lowest BCUT2D eigenvalue weighted by atomic mass is 9.76. The second-order valence-electron chi connectivity index (χ2n) is 7.48. The van der Waals surface area contributed by atoms with Crippen LogP contribution in [0.1, 0.15) is 36.2 Å². The Morgan fingerprint density at radius 1 is 1.33 bits per heavy atom. The van der Waals surface area contributed by atoms with E-state index in [-0.39, 0.29) is 25.0 Å². The van der Waals surface area contributed by atoms with E-state index in [4.69, 9.17) is 4.74 Å². The molecule has 2 heterocycles. The second kappa shape index (κ2) is 6.55. The second-order valence-corrected chi connectivity index (χ2v) is 7.48. The molecule has 2 saturated heterocycles. The molecular formula is C19H25NO4. The predicted octanol–water partition coefficient (Wildman–Crippen LogP) is 2.45. The van der Waals surface area contributed by atoms with Gasteiger partial charge in [-0.05, 0) is 42.4 Å². The first-order valence-corrected chi connectivity index (χ1v) is 8.62. The molecule has 1 amide bonds. The fraction of sp³-hybridized carbons (Fsp3) is 0.579. The molecule has 0 saturated carbocycles. The molecule has 5 nitrogen and oxygen atoms in total. The summed E-state index contributed by atoms with van der Waals surface area (Å²) < 4.78 is 5.42. The van der Waals surface area contributed by atoms with Gasteiger partial charge in [0.2, 0.25) is 0 Å². The molecule has 2 aliphatic heterocycles. The summed E-state index contributed by atoms with van der Waals surface area (Å²) in [5, 5.41) is 9.67. The Morgan fingerprint density at radius 3 is 2.62 bits per heavy atom. The summed E-state index contributed by atoms with van der Waals surface area (Å²) in [5.41, 5.74) is 0.903. The maximum Gasteiger partial charge on any atom is 0.314 e. The first kappa shape index (κ1) is 17.0. The van der Waals surface area contributed by atoms with Gasteiger partial charge in [0.25, 0.3) is 5.91 Å². The van der Waals surface area contributed by atoms with Crippen molar-refractivity contribution < 1.29 is 19.4 Å². The molecule has 0 aliphatic carbocycles. The van der Waals surface area contributed by atoms with Gasteiger partial charge in [-0.15, -0.1) is 0 Å². The maximum atomic E-state index is 12.8. The summed E-state index contributed by atoms with van der Waals surface area (Å²) in [7, 11) is 0. The number of carbonyl (C=O) groups is 2. The van der Waals surface area contributed by atoms with Crippen molar-refractivity contribution in [3.63, 3.8) is 0 Å². The molecule has 0 unspecified atom stereocenters. The Labute approximate surface area is 142 Å². The van der Waals surface area contributed by atoms with E-state index in [1.807, 2.05) is 24.3 Å². The minimum atomic E-state index is -0.939. The highest BCUT2D eigenvalue weighted by molar-refractivity contribution is 5.95. The van der Waals surface area contributed by atoms with Gasteiger partial charge in [0.15, 0.2) is 0 Å². The minimum Gasteiger partial charge on any atom is -0.481 e. The Balaban J connectivity index is 1.75. The van der Waals surface area contributed by atoms with E-state index in [9.17, 15) is 14.7 Å². The van der Waals surface area contributed by atoms with Gasteiger partial charge in [0.1, 0.15) is 5.41 Å². The summed E-state index contributed by atoms with van der Waals surface area (Å²) in [4.78, 5) is 26.3. The summed E-state index contributed by atoms with van der Waals surface area (Å²) in [5.74, 6) is -0.382. The molecule has 1 N–H and O–H groups in total. The smallest absolute Gasteiger partial charge is 0.314 e. The Morgan fingerprint density at radius 2 is 2.04 bits per heavy atom. The lowest BCUT2D eigenvalue weighted by Crippen LogP contribution is -2.46. The first-order valence-electron chi connectivity index (χ1n) is 8.62. The Bertz CT molecular complexity index is 625. The van der Waals surface area contributed by atoms with Crippen LogP contribution in [-0.2, 0) is 16.0 Å². The molecule has 2 atom stereocenters. The molecule has 0 radical (unpaired) electrons. The largest absolute Gasteiger partial charge is 0.481 e. The van der Waals surface area contributed by atoms with Crippen LogP contribution in [0, 0.1) is 17.3 Å². The van der Waals surface area contributed by atoms with E-state index in [2.05, 4.69) is 13.8 Å². The van der Waals surface area contributed by atoms with Crippen molar-refractivity contribution in [2.24, 2.45) is 17.3 Å². The van der Waals surface area contributed by atoms with Crippen LogP contribution >= 0.6 is 0 Å². The highest BCUT2D eigenvalue weighted by Crippen LogP contribution is 2.42. The van der Waals surface area contributed by atoms with Crippen molar-refractivity contribution in [3.05, 3.63) is 35.4 Å². The fourth-order valence-corrected chi connectivity index (χ4v) is 3.88. The number of amides is 1. The number of carbonyl (C=O) groups excluding carboxylic acids is 1. The van der Waals surface area contributed by atoms with Gasteiger partial charge in [-0.25, -0.2) is 0 Å². The van der Waals surface area contributed by atoms with Crippen LogP contribution in [0.25, 0.3) is 0 Å². The number of carboxylic acid groups (broad SMARTS) is 1. The highest BCUT2D eigenvalue weighted by Gasteiger charge is 2.55. The lowest BCUT2D eigenvalue weighted by Gasteiger charge is -2.33. The number of ether oxygens (including phenoxy) is 1. The number of benzene rings is 1. The molecule has 3 rings (SSSR count). The Hall–Kier alpha value is -1.88. The zero-order valence-corrected chi connectivity index (χ0v) is 14.3. The van der Waals surface area contributed by atoms with Gasteiger partial charge < -0.3 is 14.7 Å². The average molecular weight is 331 g/mol. The molecule has 130 valence electrons. The molecule has 24 heavy (non-hydrogen) atoms. The third-order valence-corrected chi connectivity index (χ3v) is 5.22. The van der Waals surface area contributed by atoms with Crippen molar-refractivity contribution in [2.45, 2.75) is 26.7 Å². The van der Waals surface area contributed by atoms with Crippen LogP contribution < -0.4 is 0 Å². The Kier molecular flexibility index (Phi) is 4.63. The SMILES string of the molecule is CC(C)Cc1ccc(C(=O)N2C[C@@H]3CCOC[C@]3(C(=O)O)C2)cc1. The van der Waals surface area contributed by atoms with Crippen molar-refractivity contribution in [1.29, 1.82) is 0 Å². The fourth-order valence-electron chi connectivity index (χ4n) is 3.88. The number of hydrogen-bond donors (Lipinski definition) is 1. The minimum absolute atomic E-state index is 0.0204. The van der Waals surface area contributed by atoms with E-state index in [0.29, 0.717) is 31.1 Å². The average Bonchev–Trinajstić information content (AvgIpc) is 2.95. The molecule has 0 bridgehead atoms. The zero-order chi connectivity index (χ0) is 17.3. The van der Waals surface area contributed by atoms with E-state index in [1.165, 1.54) is 5.56 Å². The van der Waals surface area contributed by atoms with E-state index in [1.54, 1.807) is 4.90 Å². The summed E-state index contributed by atoms with van der Waals surface area (Å²) in [6, 6.07) is 7.69. The van der Waals surface area contributed by atoms with E-state index in [0.717, 1.165) is 6.42 Å². The molecule has 0 aromatic heterocycles. The van der Waals surface area contributed by atoms with Crippen molar-refractivity contribution >= 4 is 11.9 Å². The number of aliphatic carboxylic acids is 1. The zero-order valence-electron chi connectivity index (χ0n) is 14.3. The third-order valence-electron chi connectivity index (χ3n) is 5.22. The molecule has 2 fully saturated rings. The van der Waals surface area contributed by atoms with Crippen LogP contribution in [-0.4, -0.2) is 48.2 Å². The van der Waals surface area contributed by atoms with Gasteiger partial charge in [-0.3, -0.25) is 9.59 Å². The number of carboxylic acids is 1. The standard InChI is InChI=1S/C19H25NO4/c1-13(2)9-14-3-5-15(6-4-14)17(21)20-10-16-7-8-24-12-19(16,11-20)18(22)23/h3-6,13,16H,7-12H2,1-2H3,(H,22,23)/t16-,19+/m0/s1. The topological polar surface area (TPSA) is 66.8 Å². The van der Waals surface area contributed by atoms with Gasteiger partial charge in [-0.1, -0.05) is 26.0 Å². The van der Waals surface area contributed by atoms with Crippen LogP contribution in [0.3, 0.4) is 0 Å². The molecule has 1 aromatic rings. The molecule has 0 spiro atoms. The maximum absolute atomic E-state index is 12.8. The van der Waals surface area contributed by atoms with E-state index >= 15 is 0 Å². The summed E-state index contributed by atoms with van der Waals surface area (Å²) in [6.07, 6.45) is 1.68. The first-order chi connectivity index (χ1) is 11.4. The summed E-state index contributed by atoms with van der Waals surface area (Å²) >= 11 is 0. The van der Waals surface area contributed by atoms with Gasteiger partial charge >= 0.3 is 5.97 Å². The normalized spacial score (nSPS) is 26.5. The third kappa shape index (κ3) is 3.05. The van der Waals surface area contributed by atoms with Crippen LogP contribution in [0.5, 0.6) is 0 Å². The number of hydrogen-bond acceptors (Lipinski definition) is 3. The quantitative estimate of drug-likeness (QED) is 0.920. The monoisotopic (exact) mass is 331 g/mol. The summed E-state index contributed by atoms with van der Waals surface area (Å²) in [6.45, 7) is 5.84. The number of nitrogens with zero attached hydrogens (tertiary/aromatic N) is 1. The molecular weight excluding hydrogens is 306 g/mol. The van der Waals surface area contributed by atoms with Gasteiger partial charge in [-0.2, -0.15) is 0 Å². The molecule has 1 aromatic carbocycles. The van der Waals surface area contributed by atoms with Crippen LogP contribution in [0.2, 0.25) is 0 Å². The van der Waals surface area contributed by atoms with Crippen molar-refractivity contribution in [1.82, 2.24) is 4.90 Å². The van der Waals surface area contributed by atoms with Gasteiger partial charge in [0, 0.05) is 25.3 Å². The lowest BCUT2D eigenvalue weighted by molar-refractivity contribution is -0.159. The number of fused-ring (bicyclic) bond motifs is 1. The predicted molar refractivity (Wildman–Crippen MR) is 89.9 cm³/mol. The highest BCUT2D eigenvalue weighted by atomic mass is 16.5. The molecule has 2 aliphatic rings. The van der Waals surface area contributed by atoms with Crippen molar-refractivity contribution in [2.75, 3.05) is 26.3 Å².